The normalized spacial score (nSPS) is 23.4. The van der Waals surface area contributed by atoms with Crippen LogP contribution in [0, 0.1) is 5.92 Å². The van der Waals surface area contributed by atoms with E-state index in [9.17, 15) is 4.79 Å². The zero-order valence-corrected chi connectivity index (χ0v) is 18.9. The molecule has 2 aromatic carbocycles. The van der Waals surface area contributed by atoms with Crippen molar-refractivity contribution < 1.29 is 23.7 Å². The minimum absolute atomic E-state index is 0.0240. The third-order valence-corrected chi connectivity index (χ3v) is 6.77. The van der Waals surface area contributed by atoms with Gasteiger partial charge in [0, 0.05) is 13.1 Å². The number of fused-ring (bicyclic) bond motifs is 1. The molecule has 5 rings (SSSR count). The summed E-state index contributed by atoms with van der Waals surface area (Å²) in [5.41, 5.74) is 0. The fraction of sp³-hybridized carbons (Fsp3) is 0.500. The topological polar surface area (TPSA) is 60.5 Å². The minimum atomic E-state index is -0.219. The quantitative estimate of drug-likeness (QED) is 0.607. The first-order valence-corrected chi connectivity index (χ1v) is 12.0. The van der Waals surface area contributed by atoms with Gasteiger partial charge in [-0.3, -0.25) is 9.80 Å². The number of piperidine rings is 1. The van der Waals surface area contributed by atoms with Crippen LogP contribution in [0.1, 0.15) is 19.3 Å². The average Bonchev–Trinajstić information content (AvgIpc) is 3.22. The molecule has 33 heavy (non-hydrogen) atoms. The molecule has 3 heterocycles. The van der Waals surface area contributed by atoms with E-state index in [-0.39, 0.29) is 18.2 Å². The third-order valence-electron chi connectivity index (χ3n) is 6.77. The fourth-order valence-electron chi connectivity index (χ4n) is 4.83. The molecule has 0 aliphatic carbocycles. The molecule has 2 aromatic rings. The monoisotopic (exact) mass is 452 g/mol. The summed E-state index contributed by atoms with van der Waals surface area (Å²) in [5.74, 6) is 3.11. The van der Waals surface area contributed by atoms with Crippen LogP contribution in [0.25, 0.3) is 0 Å². The van der Waals surface area contributed by atoms with E-state index >= 15 is 0 Å². The molecule has 3 aliphatic rings. The maximum Gasteiger partial charge on any atom is 0.410 e. The van der Waals surface area contributed by atoms with Crippen molar-refractivity contribution in [1.29, 1.82) is 0 Å². The van der Waals surface area contributed by atoms with Gasteiger partial charge in [0.1, 0.15) is 37.7 Å². The molecule has 0 bridgehead atoms. The molecular formula is C26H32N2O5. The Hall–Kier alpha value is -2.93. The first-order chi connectivity index (χ1) is 16.2. The molecule has 1 amide bonds. The number of ether oxygens (including phenoxy) is 4. The lowest BCUT2D eigenvalue weighted by Crippen LogP contribution is -2.44. The highest BCUT2D eigenvalue weighted by molar-refractivity contribution is 5.70. The molecule has 2 saturated heterocycles. The summed E-state index contributed by atoms with van der Waals surface area (Å²) in [6.07, 6.45) is 3.13. The van der Waals surface area contributed by atoms with Gasteiger partial charge in [0.15, 0.2) is 11.5 Å². The number of benzene rings is 2. The Kier molecular flexibility index (Phi) is 6.86. The Morgan fingerprint density at radius 3 is 2.48 bits per heavy atom. The van der Waals surface area contributed by atoms with Gasteiger partial charge in [0.05, 0.1) is 0 Å². The number of rotatable bonds is 8. The molecule has 0 radical (unpaired) electrons. The molecule has 0 aromatic heterocycles. The predicted molar refractivity (Wildman–Crippen MR) is 124 cm³/mol. The predicted octanol–water partition coefficient (Wildman–Crippen LogP) is 3.83. The van der Waals surface area contributed by atoms with Crippen LogP contribution in [0.3, 0.4) is 0 Å². The minimum Gasteiger partial charge on any atom is -0.491 e. The number of hydrogen-bond acceptors (Lipinski definition) is 6. The second-order valence-corrected chi connectivity index (χ2v) is 9.08. The van der Waals surface area contributed by atoms with Crippen LogP contribution >= 0.6 is 0 Å². The summed E-state index contributed by atoms with van der Waals surface area (Å²) in [5, 5.41) is 0. The zero-order chi connectivity index (χ0) is 22.5. The van der Waals surface area contributed by atoms with Gasteiger partial charge in [-0.25, -0.2) is 4.79 Å². The lowest BCUT2D eigenvalue weighted by molar-refractivity contribution is 0.0464. The number of amides is 1. The van der Waals surface area contributed by atoms with Crippen molar-refractivity contribution in [3.8, 4) is 17.2 Å². The van der Waals surface area contributed by atoms with Gasteiger partial charge in [0.25, 0.3) is 0 Å². The van der Waals surface area contributed by atoms with Gasteiger partial charge in [-0.15, -0.1) is 0 Å². The molecule has 7 nitrogen and oxygen atoms in total. The third kappa shape index (κ3) is 5.53. The number of likely N-dealkylation sites (tertiary alicyclic amines) is 1. The molecule has 2 fully saturated rings. The second-order valence-electron chi connectivity index (χ2n) is 9.08. The standard InChI is InChI=1S/C26H32N2O5/c29-26-28(21(18-32-26)17-30-22-6-2-1-3-7-22)15-12-20-10-13-27(14-11-20)16-23-19-31-24-8-4-5-9-25(24)33-23/h1-9,20-21,23H,10-19H2/t21-,23-/m0/s1. The number of hydrogen-bond donors (Lipinski definition) is 0. The van der Waals surface area contributed by atoms with Crippen LogP contribution in [-0.4, -0.2) is 74.0 Å². The summed E-state index contributed by atoms with van der Waals surface area (Å²) in [6.45, 7) is 5.17. The van der Waals surface area contributed by atoms with Gasteiger partial charge in [-0.2, -0.15) is 0 Å². The van der Waals surface area contributed by atoms with Crippen molar-refractivity contribution in [1.82, 2.24) is 9.80 Å². The summed E-state index contributed by atoms with van der Waals surface area (Å²) in [4.78, 5) is 16.6. The Labute approximate surface area is 195 Å². The van der Waals surface area contributed by atoms with Gasteiger partial charge >= 0.3 is 6.09 Å². The molecular weight excluding hydrogens is 420 g/mol. The van der Waals surface area contributed by atoms with Crippen LogP contribution in [0.4, 0.5) is 4.79 Å². The van der Waals surface area contributed by atoms with Crippen LogP contribution < -0.4 is 14.2 Å². The van der Waals surface area contributed by atoms with Gasteiger partial charge in [-0.05, 0) is 62.5 Å². The van der Waals surface area contributed by atoms with Gasteiger partial charge in [-0.1, -0.05) is 30.3 Å². The molecule has 176 valence electrons. The van der Waals surface area contributed by atoms with E-state index in [1.807, 2.05) is 59.5 Å². The Balaban J connectivity index is 1.04. The van der Waals surface area contributed by atoms with E-state index in [1.165, 1.54) is 0 Å². The number of cyclic esters (lactones) is 1. The molecule has 3 aliphatic heterocycles. The van der Waals surface area contributed by atoms with E-state index < -0.39 is 0 Å². The van der Waals surface area contributed by atoms with Crippen molar-refractivity contribution in [2.24, 2.45) is 5.92 Å². The van der Waals surface area contributed by atoms with E-state index in [0.29, 0.717) is 25.7 Å². The Bertz CT molecular complexity index is 916. The number of nitrogens with zero attached hydrogens (tertiary/aromatic N) is 2. The van der Waals surface area contributed by atoms with E-state index in [0.717, 1.165) is 62.7 Å². The van der Waals surface area contributed by atoms with Crippen LogP contribution in [0.15, 0.2) is 54.6 Å². The fourth-order valence-corrected chi connectivity index (χ4v) is 4.83. The number of carbonyl (C=O) groups is 1. The summed E-state index contributed by atoms with van der Waals surface area (Å²) in [7, 11) is 0. The first-order valence-electron chi connectivity index (χ1n) is 12.0. The average molecular weight is 453 g/mol. The van der Waals surface area contributed by atoms with Crippen molar-refractivity contribution >= 4 is 6.09 Å². The van der Waals surface area contributed by atoms with Crippen LogP contribution in [0.2, 0.25) is 0 Å². The lowest BCUT2D eigenvalue weighted by atomic mass is 9.93. The summed E-state index contributed by atoms with van der Waals surface area (Å²) >= 11 is 0. The SMILES string of the molecule is O=C1OC[C@H](COc2ccccc2)N1CCC1CCN(C[C@H]2COc3ccccc3O2)CC1. The van der Waals surface area contributed by atoms with E-state index in [2.05, 4.69) is 4.90 Å². The molecule has 2 atom stereocenters. The maximum atomic E-state index is 12.2. The van der Waals surface area contributed by atoms with E-state index in [4.69, 9.17) is 18.9 Å². The van der Waals surface area contributed by atoms with Gasteiger partial charge < -0.3 is 18.9 Å². The molecule has 7 heteroatoms. The molecule has 0 spiro atoms. The second kappa shape index (κ2) is 10.3. The summed E-state index contributed by atoms with van der Waals surface area (Å²) < 4.78 is 23.1. The Morgan fingerprint density at radius 1 is 0.909 bits per heavy atom. The van der Waals surface area contributed by atoms with Crippen molar-refractivity contribution in [3.05, 3.63) is 54.6 Å². The largest absolute Gasteiger partial charge is 0.491 e. The van der Waals surface area contributed by atoms with Gasteiger partial charge in [0.2, 0.25) is 0 Å². The van der Waals surface area contributed by atoms with E-state index in [1.54, 1.807) is 0 Å². The lowest BCUT2D eigenvalue weighted by Gasteiger charge is -2.36. The van der Waals surface area contributed by atoms with Crippen molar-refractivity contribution in [3.63, 3.8) is 0 Å². The highest BCUT2D eigenvalue weighted by atomic mass is 16.6. The van der Waals surface area contributed by atoms with Crippen LogP contribution in [-0.2, 0) is 4.74 Å². The number of carbonyl (C=O) groups excluding carboxylic acids is 1. The highest BCUT2D eigenvalue weighted by Crippen LogP contribution is 2.31. The van der Waals surface area contributed by atoms with Crippen molar-refractivity contribution in [2.45, 2.75) is 31.4 Å². The molecule has 0 unspecified atom stereocenters. The van der Waals surface area contributed by atoms with Crippen LogP contribution in [0.5, 0.6) is 17.2 Å². The summed E-state index contributed by atoms with van der Waals surface area (Å²) in [6, 6.07) is 17.5. The Morgan fingerprint density at radius 2 is 1.67 bits per heavy atom. The zero-order valence-electron chi connectivity index (χ0n) is 18.9. The van der Waals surface area contributed by atoms with Crippen molar-refractivity contribution in [2.75, 3.05) is 46.0 Å². The number of para-hydroxylation sites is 3. The molecule has 0 N–H and O–H groups in total. The smallest absolute Gasteiger partial charge is 0.410 e. The highest BCUT2D eigenvalue weighted by Gasteiger charge is 2.34. The first kappa shape index (κ1) is 21.9. The molecule has 0 saturated carbocycles. The maximum absolute atomic E-state index is 12.2.